The predicted molar refractivity (Wildman–Crippen MR) is 78.2 cm³/mol. The second-order valence-corrected chi connectivity index (χ2v) is 4.52. The summed E-state index contributed by atoms with van der Waals surface area (Å²) in [5.74, 6) is 0. The Hall–Kier alpha value is -2.69. The number of aryl methyl sites for hydroxylation is 1. The second-order valence-electron chi connectivity index (χ2n) is 4.52. The first kappa shape index (κ1) is 12.3. The van der Waals surface area contributed by atoms with Gasteiger partial charge < -0.3 is 0 Å². The molecule has 0 saturated heterocycles. The first-order valence-electron chi connectivity index (χ1n) is 6.34. The lowest BCUT2D eigenvalue weighted by molar-refractivity contribution is 0.751. The fourth-order valence-corrected chi connectivity index (χ4v) is 2.06. The van der Waals surface area contributed by atoms with E-state index in [4.69, 9.17) is 0 Å². The van der Waals surface area contributed by atoms with E-state index < -0.39 is 0 Å². The van der Waals surface area contributed by atoms with Crippen LogP contribution in [0.4, 0.5) is 0 Å². The zero-order valence-electron chi connectivity index (χ0n) is 11.1. The van der Waals surface area contributed by atoms with E-state index in [1.165, 1.54) is 0 Å². The molecule has 0 bridgehead atoms. The highest BCUT2D eigenvalue weighted by Gasteiger charge is 2.06. The summed E-state index contributed by atoms with van der Waals surface area (Å²) in [6.45, 7) is 0.492. The van der Waals surface area contributed by atoms with Crippen LogP contribution in [0.1, 0.15) is 5.56 Å². The van der Waals surface area contributed by atoms with Crippen LogP contribution in [0.2, 0.25) is 0 Å². The van der Waals surface area contributed by atoms with Gasteiger partial charge in [-0.25, -0.2) is 4.98 Å². The Morgan fingerprint density at radius 2 is 2.05 bits per heavy atom. The van der Waals surface area contributed by atoms with Gasteiger partial charge in [-0.3, -0.25) is 14.0 Å². The predicted octanol–water partition coefficient (Wildman–Crippen LogP) is 1.84. The van der Waals surface area contributed by atoms with Gasteiger partial charge in [-0.15, -0.1) is 0 Å². The van der Waals surface area contributed by atoms with Gasteiger partial charge in [-0.1, -0.05) is 42.5 Å². The number of hydrogen-bond donors (Lipinski definition) is 0. The van der Waals surface area contributed by atoms with Crippen molar-refractivity contribution in [3.05, 3.63) is 64.8 Å². The summed E-state index contributed by atoms with van der Waals surface area (Å²) in [4.78, 5) is 16.5. The van der Waals surface area contributed by atoms with E-state index >= 15 is 0 Å². The van der Waals surface area contributed by atoms with Gasteiger partial charge in [0.2, 0.25) is 0 Å². The van der Waals surface area contributed by atoms with Gasteiger partial charge in [0.15, 0.2) is 5.65 Å². The number of aromatic nitrogens is 4. The van der Waals surface area contributed by atoms with Gasteiger partial charge in [0.25, 0.3) is 5.56 Å². The Labute approximate surface area is 115 Å². The molecular weight excluding hydrogens is 252 g/mol. The number of hydrogen-bond acceptors (Lipinski definition) is 3. The van der Waals surface area contributed by atoms with Crippen LogP contribution in [-0.2, 0) is 13.6 Å². The van der Waals surface area contributed by atoms with Gasteiger partial charge in [0, 0.05) is 13.6 Å². The van der Waals surface area contributed by atoms with Crippen LogP contribution < -0.4 is 5.56 Å². The van der Waals surface area contributed by atoms with Crippen molar-refractivity contribution in [2.24, 2.45) is 7.05 Å². The van der Waals surface area contributed by atoms with Gasteiger partial charge in [-0.2, -0.15) is 5.10 Å². The molecule has 0 amide bonds. The quantitative estimate of drug-likeness (QED) is 0.727. The summed E-state index contributed by atoms with van der Waals surface area (Å²) in [5, 5.41) is 4.59. The first-order valence-corrected chi connectivity index (χ1v) is 6.34. The van der Waals surface area contributed by atoms with Crippen molar-refractivity contribution < 1.29 is 0 Å². The summed E-state index contributed by atoms with van der Waals surface area (Å²) in [5.41, 5.74) is 1.65. The largest absolute Gasteiger partial charge is 0.295 e. The second kappa shape index (κ2) is 5.13. The zero-order chi connectivity index (χ0) is 13.9. The van der Waals surface area contributed by atoms with E-state index in [0.29, 0.717) is 17.6 Å². The number of fused-ring (bicyclic) bond motifs is 1. The Bertz CT molecular complexity index is 815. The van der Waals surface area contributed by atoms with Crippen LogP contribution in [0, 0.1) is 0 Å². The maximum absolute atomic E-state index is 12.2. The lowest BCUT2D eigenvalue weighted by Gasteiger charge is -2.01. The maximum atomic E-state index is 12.2. The van der Waals surface area contributed by atoms with E-state index in [-0.39, 0.29) is 5.56 Å². The van der Waals surface area contributed by atoms with Gasteiger partial charge in [0.1, 0.15) is 11.7 Å². The summed E-state index contributed by atoms with van der Waals surface area (Å²) in [7, 11) is 1.77. The molecule has 0 radical (unpaired) electrons. The maximum Gasteiger partial charge on any atom is 0.264 e. The Kier molecular flexibility index (Phi) is 3.16. The van der Waals surface area contributed by atoms with E-state index in [9.17, 15) is 4.79 Å². The number of allylic oxidation sites excluding steroid dienone is 1. The minimum Gasteiger partial charge on any atom is -0.295 e. The summed E-state index contributed by atoms with van der Waals surface area (Å²) in [6, 6.07) is 9.97. The lowest BCUT2D eigenvalue weighted by atomic mass is 10.2. The van der Waals surface area contributed by atoms with Crippen molar-refractivity contribution in [3.63, 3.8) is 0 Å². The normalized spacial score (nSPS) is 11.4. The smallest absolute Gasteiger partial charge is 0.264 e. The monoisotopic (exact) mass is 266 g/mol. The SMILES string of the molecule is Cn1ncc2c(=O)n(C/C=C/c3ccccc3)cnc21. The molecule has 2 heterocycles. The zero-order valence-corrected chi connectivity index (χ0v) is 11.1. The third-order valence-corrected chi connectivity index (χ3v) is 3.13. The molecule has 5 heteroatoms. The molecule has 0 unspecified atom stereocenters. The Morgan fingerprint density at radius 1 is 1.25 bits per heavy atom. The van der Waals surface area contributed by atoms with Gasteiger partial charge >= 0.3 is 0 Å². The summed E-state index contributed by atoms with van der Waals surface area (Å²) >= 11 is 0. The average molecular weight is 266 g/mol. The lowest BCUT2D eigenvalue weighted by Crippen LogP contribution is -2.19. The molecule has 0 aliphatic carbocycles. The Balaban J connectivity index is 1.87. The minimum atomic E-state index is -0.0687. The van der Waals surface area contributed by atoms with Crippen molar-refractivity contribution in [1.82, 2.24) is 19.3 Å². The average Bonchev–Trinajstić information content (AvgIpc) is 2.85. The molecule has 0 spiro atoms. The molecule has 0 saturated carbocycles. The topological polar surface area (TPSA) is 52.7 Å². The third kappa shape index (κ3) is 2.25. The molecule has 0 atom stereocenters. The van der Waals surface area contributed by atoms with Crippen molar-refractivity contribution in [1.29, 1.82) is 0 Å². The van der Waals surface area contributed by atoms with Crippen molar-refractivity contribution in [2.75, 3.05) is 0 Å². The molecule has 2 aromatic heterocycles. The van der Waals surface area contributed by atoms with Crippen molar-refractivity contribution in [3.8, 4) is 0 Å². The van der Waals surface area contributed by atoms with E-state index in [0.717, 1.165) is 5.56 Å². The first-order chi connectivity index (χ1) is 9.75. The Morgan fingerprint density at radius 3 is 2.85 bits per heavy atom. The van der Waals surface area contributed by atoms with Crippen LogP contribution in [0.15, 0.2) is 53.7 Å². The molecule has 3 aromatic rings. The third-order valence-electron chi connectivity index (χ3n) is 3.13. The van der Waals surface area contributed by atoms with E-state index in [1.54, 1.807) is 28.8 Å². The number of nitrogens with zero attached hydrogens (tertiary/aromatic N) is 4. The molecule has 3 rings (SSSR count). The molecule has 0 aliphatic rings. The van der Waals surface area contributed by atoms with E-state index in [2.05, 4.69) is 10.1 Å². The molecular formula is C15H14N4O. The molecule has 0 aliphatic heterocycles. The fourth-order valence-electron chi connectivity index (χ4n) is 2.06. The van der Waals surface area contributed by atoms with Crippen LogP contribution in [0.5, 0.6) is 0 Å². The highest BCUT2D eigenvalue weighted by atomic mass is 16.1. The minimum absolute atomic E-state index is 0.0687. The summed E-state index contributed by atoms with van der Waals surface area (Å²) < 4.78 is 3.17. The number of rotatable bonds is 3. The van der Waals surface area contributed by atoms with Gasteiger partial charge in [0.05, 0.1) is 6.20 Å². The van der Waals surface area contributed by atoms with Crippen LogP contribution in [0.25, 0.3) is 17.1 Å². The molecule has 100 valence electrons. The van der Waals surface area contributed by atoms with Crippen molar-refractivity contribution in [2.45, 2.75) is 6.54 Å². The molecule has 0 N–H and O–H groups in total. The molecule has 1 aromatic carbocycles. The van der Waals surface area contributed by atoms with Crippen LogP contribution >= 0.6 is 0 Å². The fraction of sp³-hybridized carbons (Fsp3) is 0.133. The van der Waals surface area contributed by atoms with Crippen LogP contribution in [0.3, 0.4) is 0 Å². The molecule has 0 fully saturated rings. The highest BCUT2D eigenvalue weighted by molar-refractivity contribution is 5.72. The van der Waals surface area contributed by atoms with E-state index in [1.807, 2.05) is 42.5 Å². The summed E-state index contributed by atoms with van der Waals surface area (Å²) in [6.07, 6.45) is 7.05. The number of benzene rings is 1. The molecule has 20 heavy (non-hydrogen) atoms. The van der Waals surface area contributed by atoms with Crippen molar-refractivity contribution >= 4 is 17.1 Å². The standard InChI is InChI=1S/C15H14N4O/c1-18-14-13(10-17-18)15(20)19(11-16-14)9-5-8-12-6-3-2-4-7-12/h2-8,10-11H,9H2,1H3/b8-5+. The van der Waals surface area contributed by atoms with Crippen LogP contribution in [-0.4, -0.2) is 19.3 Å². The highest BCUT2D eigenvalue weighted by Crippen LogP contribution is 2.04. The van der Waals surface area contributed by atoms with Gasteiger partial charge in [-0.05, 0) is 5.56 Å². The molecule has 5 nitrogen and oxygen atoms in total.